The zero-order valence-electron chi connectivity index (χ0n) is 27.7. The van der Waals surface area contributed by atoms with Gasteiger partial charge in [0.1, 0.15) is 35.0 Å². The van der Waals surface area contributed by atoms with Gasteiger partial charge in [-0.05, 0) is 82.4 Å². The molecule has 47 heavy (non-hydrogen) atoms. The van der Waals surface area contributed by atoms with E-state index in [2.05, 4.69) is 32.1 Å². The van der Waals surface area contributed by atoms with E-state index in [1.807, 2.05) is 51.1 Å². The summed E-state index contributed by atoms with van der Waals surface area (Å²) in [6, 6.07) is 11.8. The van der Waals surface area contributed by atoms with E-state index in [1.165, 1.54) is 0 Å². The molecule has 2 saturated heterocycles. The SMILES string of the molecule is COCOc1cc(-c2ncc3c(N4CCC(CNC(=O)OC(C)(C)C)C4)nc(OC[C@@H]4CCCN4C)nc3c2F)c2ccccc2c1. The predicted octanol–water partition coefficient (Wildman–Crippen LogP) is 5.79. The van der Waals surface area contributed by atoms with Gasteiger partial charge >= 0.3 is 12.1 Å². The number of anilines is 1. The van der Waals surface area contributed by atoms with Crippen molar-refractivity contribution in [3.05, 3.63) is 48.4 Å². The summed E-state index contributed by atoms with van der Waals surface area (Å²) in [7, 11) is 3.63. The minimum Gasteiger partial charge on any atom is -0.468 e. The minimum atomic E-state index is -0.574. The number of rotatable bonds is 10. The molecule has 4 aromatic rings. The Kier molecular flexibility index (Phi) is 9.60. The Morgan fingerprint density at radius 3 is 2.68 bits per heavy atom. The maximum Gasteiger partial charge on any atom is 0.407 e. The van der Waals surface area contributed by atoms with Gasteiger partial charge in [-0.25, -0.2) is 9.18 Å². The first-order valence-corrected chi connectivity index (χ1v) is 16.2. The van der Waals surface area contributed by atoms with Gasteiger partial charge in [-0.1, -0.05) is 24.3 Å². The quantitative estimate of drug-likeness (QED) is 0.213. The summed E-state index contributed by atoms with van der Waals surface area (Å²) in [5, 5.41) is 5.09. The molecule has 0 radical (unpaired) electrons. The largest absolute Gasteiger partial charge is 0.468 e. The van der Waals surface area contributed by atoms with Gasteiger partial charge in [0.05, 0.1) is 5.39 Å². The third-order valence-corrected chi connectivity index (χ3v) is 8.67. The third kappa shape index (κ3) is 7.49. The number of carbonyl (C=O) groups is 1. The molecule has 12 heteroatoms. The minimum absolute atomic E-state index is 0.0585. The zero-order valence-corrected chi connectivity index (χ0v) is 27.7. The maximum absolute atomic E-state index is 16.8. The first-order chi connectivity index (χ1) is 22.6. The number of hydrogen-bond donors (Lipinski definition) is 1. The smallest absolute Gasteiger partial charge is 0.407 e. The molecule has 4 heterocycles. The van der Waals surface area contributed by atoms with Gasteiger partial charge < -0.3 is 34.1 Å². The predicted molar refractivity (Wildman–Crippen MR) is 178 cm³/mol. The number of aromatic nitrogens is 3. The summed E-state index contributed by atoms with van der Waals surface area (Å²) in [4.78, 5) is 30.7. The molecule has 1 unspecified atom stereocenters. The van der Waals surface area contributed by atoms with Crippen LogP contribution in [0, 0.1) is 11.7 Å². The lowest BCUT2D eigenvalue weighted by molar-refractivity contribution is 0.0510. The van der Waals surface area contributed by atoms with Gasteiger partial charge in [0, 0.05) is 44.5 Å². The van der Waals surface area contributed by atoms with Crippen LogP contribution in [0.4, 0.5) is 15.0 Å². The van der Waals surface area contributed by atoms with Crippen LogP contribution in [-0.4, -0.2) is 91.3 Å². The Bertz CT molecular complexity index is 1750. The highest BCUT2D eigenvalue weighted by atomic mass is 19.1. The first kappa shape index (κ1) is 32.6. The molecule has 11 nitrogen and oxygen atoms in total. The van der Waals surface area contributed by atoms with Gasteiger partial charge in [-0.15, -0.1) is 0 Å². The molecule has 2 aromatic heterocycles. The lowest BCUT2D eigenvalue weighted by Gasteiger charge is -2.23. The first-order valence-electron chi connectivity index (χ1n) is 16.2. The fraction of sp³-hybridized carbons (Fsp3) is 0.486. The van der Waals surface area contributed by atoms with Crippen LogP contribution in [0.15, 0.2) is 42.6 Å². The second-order valence-corrected chi connectivity index (χ2v) is 13.3. The number of alkyl carbamates (subject to hydrolysis) is 1. The van der Waals surface area contributed by atoms with E-state index in [0.29, 0.717) is 48.8 Å². The van der Waals surface area contributed by atoms with Crippen LogP contribution >= 0.6 is 0 Å². The zero-order chi connectivity index (χ0) is 33.1. The number of hydrogen-bond acceptors (Lipinski definition) is 10. The van der Waals surface area contributed by atoms with Crippen LogP contribution in [-0.2, 0) is 9.47 Å². The number of nitrogens with zero attached hydrogens (tertiary/aromatic N) is 5. The molecule has 2 aliphatic rings. The van der Waals surface area contributed by atoms with Gasteiger partial charge in [-0.3, -0.25) is 4.98 Å². The van der Waals surface area contributed by atoms with Crippen molar-refractivity contribution >= 4 is 33.6 Å². The summed E-state index contributed by atoms with van der Waals surface area (Å²) < 4.78 is 39.2. The van der Waals surface area contributed by atoms with E-state index in [1.54, 1.807) is 19.4 Å². The Balaban J connectivity index is 1.36. The van der Waals surface area contributed by atoms with Crippen LogP contribution in [0.1, 0.15) is 40.0 Å². The number of halogens is 1. The van der Waals surface area contributed by atoms with Crippen LogP contribution < -0.4 is 19.7 Å². The molecule has 250 valence electrons. The van der Waals surface area contributed by atoms with Crippen molar-refractivity contribution < 1.29 is 28.1 Å². The Hall–Kier alpha value is -4.29. The summed E-state index contributed by atoms with van der Waals surface area (Å²) in [5.41, 5.74) is 0.301. The molecular weight excluding hydrogens is 603 g/mol. The van der Waals surface area contributed by atoms with Crippen molar-refractivity contribution in [2.45, 2.75) is 51.7 Å². The highest BCUT2D eigenvalue weighted by molar-refractivity contribution is 6.00. The number of pyridine rings is 1. The number of methoxy groups -OCH3 is 1. The number of amides is 1. The topological polar surface area (TPSA) is 111 Å². The van der Waals surface area contributed by atoms with Gasteiger partial charge in [0.25, 0.3) is 0 Å². The van der Waals surface area contributed by atoms with Crippen molar-refractivity contribution in [1.29, 1.82) is 0 Å². The number of nitrogens with one attached hydrogen (secondary N) is 1. The van der Waals surface area contributed by atoms with E-state index < -0.39 is 17.5 Å². The molecule has 1 amide bonds. The summed E-state index contributed by atoms with van der Waals surface area (Å²) in [6.07, 6.45) is 4.14. The van der Waals surface area contributed by atoms with E-state index >= 15 is 4.39 Å². The average molecular weight is 647 g/mol. The van der Waals surface area contributed by atoms with Crippen LogP contribution in [0.2, 0.25) is 0 Å². The fourth-order valence-electron chi connectivity index (χ4n) is 6.30. The highest BCUT2D eigenvalue weighted by Crippen LogP contribution is 2.38. The standard InChI is InChI=1S/C35H43FN6O5/c1-35(2,3)47-34(43)38-17-22-12-14-42(19-22)32-28-18-37-30(27-16-25(46-21-44-5)15-23-9-6-7-11-26(23)27)29(36)31(28)39-33(40-32)45-20-24-10-8-13-41(24)4/h6-7,9,11,15-16,18,22,24H,8,10,12-14,17,19-21H2,1-5H3,(H,38,43)/t22?,24-/m0/s1. The molecule has 2 aromatic carbocycles. The van der Waals surface area contributed by atoms with Gasteiger partial charge in [-0.2, -0.15) is 9.97 Å². The number of likely N-dealkylation sites (N-methyl/N-ethyl adjacent to an activating group) is 1. The summed E-state index contributed by atoms with van der Waals surface area (Å²) >= 11 is 0. The van der Waals surface area contributed by atoms with Crippen LogP contribution in [0.25, 0.3) is 32.9 Å². The molecule has 2 aliphatic heterocycles. The van der Waals surface area contributed by atoms with E-state index in [9.17, 15) is 4.79 Å². The van der Waals surface area contributed by atoms with Crippen molar-refractivity contribution in [3.63, 3.8) is 0 Å². The fourth-order valence-corrected chi connectivity index (χ4v) is 6.30. The number of ether oxygens (including phenoxy) is 4. The van der Waals surface area contributed by atoms with Crippen molar-refractivity contribution in [2.24, 2.45) is 5.92 Å². The van der Waals surface area contributed by atoms with Crippen molar-refractivity contribution in [1.82, 2.24) is 25.2 Å². The van der Waals surface area contributed by atoms with Crippen molar-refractivity contribution in [3.8, 4) is 23.0 Å². The molecule has 0 spiro atoms. The molecule has 0 aliphatic carbocycles. The highest BCUT2D eigenvalue weighted by Gasteiger charge is 2.29. The van der Waals surface area contributed by atoms with E-state index in [-0.39, 0.29) is 36.0 Å². The van der Waals surface area contributed by atoms with E-state index in [4.69, 9.17) is 23.9 Å². The number of fused-ring (bicyclic) bond motifs is 2. The van der Waals surface area contributed by atoms with Crippen molar-refractivity contribution in [2.75, 3.05) is 58.6 Å². The monoisotopic (exact) mass is 646 g/mol. The molecule has 1 N–H and O–H groups in total. The van der Waals surface area contributed by atoms with Gasteiger partial charge in [0.2, 0.25) is 0 Å². The molecule has 2 fully saturated rings. The lowest BCUT2D eigenvalue weighted by atomic mass is 10.00. The van der Waals surface area contributed by atoms with Crippen LogP contribution in [0.5, 0.6) is 11.8 Å². The Morgan fingerprint density at radius 1 is 1.09 bits per heavy atom. The summed E-state index contributed by atoms with van der Waals surface area (Å²) in [6.45, 7) is 8.72. The number of likely N-dealkylation sites (tertiary alicyclic amines) is 1. The molecule has 0 saturated carbocycles. The Morgan fingerprint density at radius 2 is 1.91 bits per heavy atom. The van der Waals surface area contributed by atoms with Gasteiger partial charge in [0.15, 0.2) is 12.6 Å². The van der Waals surface area contributed by atoms with E-state index in [0.717, 1.165) is 36.6 Å². The molecule has 6 rings (SSSR count). The second kappa shape index (κ2) is 13.8. The average Bonchev–Trinajstić information content (AvgIpc) is 3.69. The number of carbonyl (C=O) groups excluding carboxylic acids is 1. The number of benzene rings is 2. The lowest BCUT2D eigenvalue weighted by Crippen LogP contribution is -2.36. The molecular formula is C35H43FN6O5. The molecule has 0 bridgehead atoms. The second-order valence-electron chi connectivity index (χ2n) is 13.3. The van der Waals surface area contributed by atoms with Crippen LogP contribution in [0.3, 0.4) is 0 Å². The summed E-state index contributed by atoms with van der Waals surface area (Å²) in [5.74, 6) is 0.690. The molecule has 2 atom stereocenters. The Labute approximate surface area is 274 Å². The third-order valence-electron chi connectivity index (χ3n) is 8.67. The maximum atomic E-state index is 16.8. The normalized spacial score (nSPS) is 18.6.